The molecule has 2 aromatic carbocycles. The summed E-state index contributed by atoms with van der Waals surface area (Å²) in [6.45, 7) is 5.13. The first-order chi connectivity index (χ1) is 18.4. The van der Waals surface area contributed by atoms with Gasteiger partial charge in [-0.2, -0.15) is 0 Å². The smallest absolute Gasteiger partial charge is 0.341 e. The molecule has 6 N–H and O–H groups in total. The monoisotopic (exact) mass is 538 g/mol. The van der Waals surface area contributed by atoms with Gasteiger partial charge in [0.25, 0.3) is 0 Å². The highest BCUT2D eigenvalue weighted by Gasteiger charge is 2.63. The molecule has 1 aromatic heterocycles. The van der Waals surface area contributed by atoms with Crippen molar-refractivity contribution in [2.75, 3.05) is 6.61 Å². The average molecular weight is 539 g/mol. The Morgan fingerprint density at radius 1 is 1.23 bits per heavy atom. The highest BCUT2D eigenvalue weighted by molar-refractivity contribution is 5.87. The Hall–Kier alpha value is -3.44. The molecule has 39 heavy (non-hydrogen) atoms. The number of aliphatic hydroxyl groups is 1. The third kappa shape index (κ3) is 5.00. The molecule has 3 unspecified atom stereocenters. The van der Waals surface area contributed by atoms with Crippen LogP contribution < -0.4 is 21.6 Å². The van der Waals surface area contributed by atoms with Crippen LogP contribution in [0.2, 0.25) is 0 Å². The Labute approximate surface area is 225 Å². The minimum atomic E-state index is -1.22. The first kappa shape index (κ1) is 27.1. The molecule has 0 radical (unpaired) electrons. The number of esters is 1. The van der Waals surface area contributed by atoms with Crippen molar-refractivity contribution in [3.8, 4) is 11.5 Å². The number of aryl methyl sites for hydroxylation is 1. The highest BCUT2D eigenvalue weighted by Crippen LogP contribution is 2.47. The van der Waals surface area contributed by atoms with E-state index in [-0.39, 0.29) is 41.6 Å². The van der Waals surface area contributed by atoms with Gasteiger partial charge >= 0.3 is 5.97 Å². The van der Waals surface area contributed by atoms with Crippen LogP contribution in [0.25, 0.3) is 11.0 Å². The summed E-state index contributed by atoms with van der Waals surface area (Å²) in [6.07, 6.45) is -0.650. The lowest BCUT2D eigenvalue weighted by atomic mass is 9.89. The molecule has 0 aliphatic carbocycles. The number of hydrogen-bond donors (Lipinski definition) is 4. The Morgan fingerprint density at radius 3 is 2.72 bits per heavy atom. The molecule has 1 fully saturated rings. The van der Waals surface area contributed by atoms with Crippen molar-refractivity contribution in [2.24, 2.45) is 11.5 Å². The fraction of sp³-hybridized carbons (Fsp3) is 0.448. The van der Waals surface area contributed by atoms with Gasteiger partial charge in [0.15, 0.2) is 11.0 Å². The maximum absolute atomic E-state index is 13.6. The highest BCUT2D eigenvalue weighted by atomic mass is 16.7. The number of nitrogens with two attached hydrogens (primary N) is 2. The number of rotatable bonds is 8. The number of ether oxygens (including phenoxy) is 3. The SMILES string of the molecule is Cc1cc(=O)c2c(O)c3c(cc2o1)OC(C)(C)C(OC(=O)C1(CCCO)OC1Cc1cccc(C(N)N)c1)C3. The summed E-state index contributed by atoms with van der Waals surface area (Å²) in [5.74, 6) is -0.0346. The summed E-state index contributed by atoms with van der Waals surface area (Å²) in [5, 5.41) is 20.5. The maximum atomic E-state index is 13.6. The van der Waals surface area contributed by atoms with Gasteiger partial charge in [0.1, 0.15) is 46.0 Å². The lowest BCUT2D eigenvalue weighted by molar-refractivity contribution is -0.168. The van der Waals surface area contributed by atoms with Gasteiger partial charge in [-0.25, -0.2) is 4.79 Å². The van der Waals surface area contributed by atoms with E-state index >= 15 is 0 Å². The van der Waals surface area contributed by atoms with Crippen molar-refractivity contribution in [1.82, 2.24) is 0 Å². The van der Waals surface area contributed by atoms with E-state index in [4.69, 9.17) is 30.1 Å². The molecular formula is C29H34N2O8. The van der Waals surface area contributed by atoms with Crippen LogP contribution >= 0.6 is 0 Å². The maximum Gasteiger partial charge on any atom is 0.341 e. The van der Waals surface area contributed by atoms with Crippen molar-refractivity contribution in [3.63, 3.8) is 0 Å². The minimum absolute atomic E-state index is 0.0529. The third-order valence-electron chi connectivity index (χ3n) is 7.59. The van der Waals surface area contributed by atoms with Crippen LogP contribution in [-0.4, -0.2) is 46.2 Å². The van der Waals surface area contributed by atoms with Gasteiger partial charge in [0, 0.05) is 37.1 Å². The van der Waals surface area contributed by atoms with Crippen molar-refractivity contribution in [3.05, 3.63) is 69.1 Å². The molecule has 5 rings (SSSR count). The van der Waals surface area contributed by atoms with Crippen molar-refractivity contribution in [2.45, 2.75) is 76.0 Å². The summed E-state index contributed by atoms with van der Waals surface area (Å²) in [5.41, 5.74) is 11.3. The van der Waals surface area contributed by atoms with Crippen molar-refractivity contribution < 1.29 is 33.6 Å². The van der Waals surface area contributed by atoms with Crippen molar-refractivity contribution in [1.29, 1.82) is 0 Å². The third-order valence-corrected chi connectivity index (χ3v) is 7.59. The van der Waals surface area contributed by atoms with Crippen LogP contribution in [0.15, 0.2) is 45.6 Å². The van der Waals surface area contributed by atoms with E-state index in [2.05, 4.69) is 0 Å². The number of hydrogen-bond acceptors (Lipinski definition) is 10. The number of aliphatic hydroxyl groups excluding tert-OH is 1. The fourth-order valence-corrected chi connectivity index (χ4v) is 5.33. The molecule has 208 valence electrons. The summed E-state index contributed by atoms with van der Waals surface area (Å²) in [4.78, 5) is 26.2. The first-order valence-electron chi connectivity index (χ1n) is 13.0. The van der Waals surface area contributed by atoms with Crippen LogP contribution in [0.1, 0.15) is 55.3 Å². The van der Waals surface area contributed by atoms with E-state index in [9.17, 15) is 19.8 Å². The topological polar surface area (TPSA) is 171 Å². The molecular weight excluding hydrogens is 504 g/mol. The second-order valence-corrected chi connectivity index (χ2v) is 10.9. The second-order valence-electron chi connectivity index (χ2n) is 10.9. The lowest BCUT2D eigenvalue weighted by Crippen LogP contribution is -2.50. The zero-order valence-corrected chi connectivity index (χ0v) is 22.2. The van der Waals surface area contributed by atoms with E-state index < -0.39 is 35.5 Å². The van der Waals surface area contributed by atoms with E-state index in [0.717, 1.165) is 11.1 Å². The second kappa shape index (κ2) is 9.95. The quantitative estimate of drug-likeness (QED) is 0.190. The van der Waals surface area contributed by atoms with Crippen LogP contribution in [0, 0.1) is 6.92 Å². The fourth-order valence-electron chi connectivity index (χ4n) is 5.33. The summed E-state index contributed by atoms with van der Waals surface area (Å²) in [7, 11) is 0. The molecule has 3 heterocycles. The van der Waals surface area contributed by atoms with Gasteiger partial charge in [-0.1, -0.05) is 24.3 Å². The molecule has 2 aliphatic rings. The van der Waals surface area contributed by atoms with Gasteiger partial charge in [0.2, 0.25) is 0 Å². The molecule has 0 amide bonds. The van der Waals surface area contributed by atoms with Gasteiger partial charge in [-0.15, -0.1) is 0 Å². The van der Waals surface area contributed by atoms with Gasteiger partial charge in [-0.3, -0.25) is 4.79 Å². The molecule has 3 aromatic rings. The Balaban J connectivity index is 1.39. The standard InChI is InChI=1S/C29H34N2O8/c1-15-10-19(33)24-21(36-15)14-20-18(25(24)34)13-22(28(2,3)38-20)37-27(35)29(8-5-9-32)23(39-29)12-16-6-4-7-17(11-16)26(30)31/h4,6-7,10-11,14,22-23,26,32,34H,5,8-9,12-13,30-31H2,1-3H3. The first-order valence-corrected chi connectivity index (χ1v) is 13.0. The summed E-state index contributed by atoms with van der Waals surface area (Å²) >= 11 is 0. The van der Waals surface area contributed by atoms with Crippen molar-refractivity contribution >= 4 is 16.9 Å². The molecule has 2 aliphatic heterocycles. The zero-order chi connectivity index (χ0) is 28.1. The number of carbonyl (C=O) groups excluding carboxylic acids is 1. The van der Waals surface area contributed by atoms with Crippen LogP contribution in [-0.2, 0) is 27.1 Å². The molecule has 0 bridgehead atoms. The number of phenolic OH excluding ortho intramolecular Hbond substituents is 1. The molecule has 3 atom stereocenters. The van der Waals surface area contributed by atoms with E-state index in [1.54, 1.807) is 26.8 Å². The zero-order valence-electron chi connectivity index (χ0n) is 22.2. The number of fused-ring (bicyclic) bond motifs is 2. The van der Waals surface area contributed by atoms with Crippen LogP contribution in [0.5, 0.6) is 11.5 Å². The number of epoxide rings is 1. The van der Waals surface area contributed by atoms with Gasteiger partial charge in [-0.05, 0) is 44.7 Å². The van der Waals surface area contributed by atoms with Gasteiger partial charge in [0.05, 0.1) is 6.17 Å². The minimum Gasteiger partial charge on any atom is -0.507 e. The van der Waals surface area contributed by atoms with E-state index in [1.165, 1.54) is 6.07 Å². The summed E-state index contributed by atoms with van der Waals surface area (Å²) in [6, 6.07) is 10.4. The molecule has 10 heteroatoms. The lowest BCUT2D eigenvalue weighted by Gasteiger charge is -2.39. The van der Waals surface area contributed by atoms with Gasteiger partial charge < -0.3 is 40.3 Å². The Morgan fingerprint density at radius 2 is 2.00 bits per heavy atom. The Kier molecular flexibility index (Phi) is 6.92. The number of benzene rings is 2. The van der Waals surface area contributed by atoms with E-state index in [1.807, 2.05) is 24.3 Å². The average Bonchev–Trinajstić information content (AvgIpc) is 3.56. The number of carbonyl (C=O) groups is 1. The molecule has 0 saturated carbocycles. The van der Waals surface area contributed by atoms with E-state index in [0.29, 0.717) is 29.9 Å². The predicted octanol–water partition coefficient (Wildman–Crippen LogP) is 2.50. The number of phenols is 1. The summed E-state index contributed by atoms with van der Waals surface area (Å²) < 4.78 is 23.8. The normalized spacial score (nSPS) is 23.4. The molecule has 0 spiro atoms. The number of aromatic hydroxyl groups is 1. The predicted molar refractivity (Wildman–Crippen MR) is 142 cm³/mol. The Bertz CT molecular complexity index is 1480. The molecule has 1 saturated heterocycles. The molecule has 10 nitrogen and oxygen atoms in total. The van der Waals surface area contributed by atoms with Crippen LogP contribution in [0.4, 0.5) is 0 Å². The van der Waals surface area contributed by atoms with Crippen LogP contribution in [0.3, 0.4) is 0 Å². The largest absolute Gasteiger partial charge is 0.507 e.